The van der Waals surface area contributed by atoms with Gasteiger partial charge in [0.25, 0.3) is 0 Å². The van der Waals surface area contributed by atoms with Crippen molar-refractivity contribution in [1.82, 2.24) is 15.5 Å². The molecule has 0 saturated carbocycles. The van der Waals surface area contributed by atoms with Crippen LogP contribution in [0.5, 0.6) is 0 Å². The van der Waals surface area contributed by atoms with Crippen molar-refractivity contribution in [2.24, 2.45) is 11.7 Å². The lowest BCUT2D eigenvalue weighted by molar-refractivity contribution is -0.131. The number of likely N-dealkylation sites (N-methyl/N-ethyl adjacent to an activating group) is 1. The second-order valence-corrected chi connectivity index (χ2v) is 4.70. The zero-order valence-electron chi connectivity index (χ0n) is 11.2. The highest BCUT2D eigenvalue weighted by atomic mass is 16.2. The molecule has 6 heteroatoms. The number of amides is 2. The van der Waals surface area contributed by atoms with Crippen LogP contribution in [-0.2, 0) is 9.59 Å². The molecule has 2 atom stereocenters. The van der Waals surface area contributed by atoms with Crippen molar-refractivity contribution >= 4 is 11.8 Å². The molecule has 0 radical (unpaired) electrons. The van der Waals surface area contributed by atoms with E-state index >= 15 is 0 Å². The van der Waals surface area contributed by atoms with Crippen molar-refractivity contribution in [3.63, 3.8) is 0 Å². The third kappa shape index (κ3) is 3.96. The van der Waals surface area contributed by atoms with E-state index in [2.05, 4.69) is 15.5 Å². The maximum absolute atomic E-state index is 11.9. The lowest BCUT2D eigenvalue weighted by Gasteiger charge is -2.35. The summed E-state index contributed by atoms with van der Waals surface area (Å²) in [5.74, 6) is 0.0182. The molecule has 0 bridgehead atoms. The average molecular weight is 256 g/mol. The number of rotatable bonds is 5. The molecule has 1 fully saturated rings. The Hall–Kier alpha value is -1.14. The maximum atomic E-state index is 11.9. The van der Waals surface area contributed by atoms with E-state index in [0.29, 0.717) is 19.6 Å². The third-order valence-corrected chi connectivity index (χ3v) is 3.44. The predicted molar refractivity (Wildman–Crippen MR) is 69.9 cm³/mol. The molecule has 1 heterocycles. The van der Waals surface area contributed by atoms with E-state index in [0.717, 1.165) is 19.4 Å². The first-order chi connectivity index (χ1) is 8.60. The van der Waals surface area contributed by atoms with Crippen molar-refractivity contribution in [1.29, 1.82) is 0 Å². The standard InChI is InChI=1S/C12H24N4O2/c1-9(11(17)14-2)16-7-3-4-10(8-16)12(18)15-6-5-13/h9-10H,3-8,13H2,1-2H3,(H,14,17)(H,15,18). The van der Waals surface area contributed by atoms with Gasteiger partial charge in [0.1, 0.15) is 0 Å². The van der Waals surface area contributed by atoms with Gasteiger partial charge in [-0.2, -0.15) is 0 Å². The number of piperidine rings is 1. The summed E-state index contributed by atoms with van der Waals surface area (Å²) in [7, 11) is 1.63. The number of nitrogens with zero attached hydrogens (tertiary/aromatic N) is 1. The molecule has 4 N–H and O–H groups in total. The summed E-state index contributed by atoms with van der Waals surface area (Å²) in [5, 5.41) is 5.46. The quantitative estimate of drug-likeness (QED) is 0.583. The monoisotopic (exact) mass is 256 g/mol. The van der Waals surface area contributed by atoms with E-state index in [4.69, 9.17) is 5.73 Å². The Kier molecular flexibility index (Phi) is 6.07. The average Bonchev–Trinajstić information content (AvgIpc) is 2.43. The Morgan fingerprint density at radius 2 is 2.22 bits per heavy atom. The normalized spacial score (nSPS) is 22.3. The van der Waals surface area contributed by atoms with Crippen LogP contribution in [-0.4, -0.2) is 56.0 Å². The topological polar surface area (TPSA) is 87.5 Å². The Bertz CT molecular complexity index is 296. The van der Waals surface area contributed by atoms with E-state index in [1.807, 2.05) is 6.92 Å². The second kappa shape index (κ2) is 7.33. The minimum atomic E-state index is -0.180. The highest BCUT2D eigenvalue weighted by Crippen LogP contribution is 2.18. The van der Waals surface area contributed by atoms with Gasteiger partial charge >= 0.3 is 0 Å². The van der Waals surface area contributed by atoms with Crippen molar-refractivity contribution in [3.05, 3.63) is 0 Å². The molecule has 2 unspecified atom stereocenters. The van der Waals surface area contributed by atoms with E-state index in [9.17, 15) is 9.59 Å². The third-order valence-electron chi connectivity index (χ3n) is 3.44. The molecule has 0 aliphatic carbocycles. The molecule has 18 heavy (non-hydrogen) atoms. The van der Waals surface area contributed by atoms with E-state index in [1.165, 1.54) is 0 Å². The molecular weight excluding hydrogens is 232 g/mol. The smallest absolute Gasteiger partial charge is 0.236 e. The summed E-state index contributed by atoms with van der Waals surface area (Å²) in [6.45, 7) is 4.36. The van der Waals surface area contributed by atoms with Gasteiger partial charge in [-0.05, 0) is 26.3 Å². The second-order valence-electron chi connectivity index (χ2n) is 4.70. The van der Waals surface area contributed by atoms with Gasteiger partial charge in [0.15, 0.2) is 0 Å². The molecule has 1 rings (SSSR count). The minimum Gasteiger partial charge on any atom is -0.358 e. The molecule has 0 aromatic carbocycles. The zero-order valence-corrected chi connectivity index (χ0v) is 11.2. The summed E-state index contributed by atoms with van der Waals surface area (Å²) in [6.07, 6.45) is 1.83. The lowest BCUT2D eigenvalue weighted by Crippen LogP contribution is -2.51. The molecule has 1 aliphatic heterocycles. The van der Waals surface area contributed by atoms with E-state index in [1.54, 1.807) is 7.05 Å². The Morgan fingerprint density at radius 1 is 1.50 bits per heavy atom. The summed E-state index contributed by atoms with van der Waals surface area (Å²) in [6, 6.07) is -0.180. The first-order valence-corrected chi connectivity index (χ1v) is 6.53. The van der Waals surface area contributed by atoms with Crippen molar-refractivity contribution in [2.75, 3.05) is 33.2 Å². The number of carbonyl (C=O) groups excluding carboxylic acids is 2. The van der Waals surface area contributed by atoms with Crippen LogP contribution in [0, 0.1) is 5.92 Å². The first kappa shape index (κ1) is 14.9. The van der Waals surface area contributed by atoms with Gasteiger partial charge in [-0.25, -0.2) is 0 Å². The van der Waals surface area contributed by atoms with Crippen molar-refractivity contribution < 1.29 is 9.59 Å². The van der Waals surface area contributed by atoms with E-state index < -0.39 is 0 Å². The Morgan fingerprint density at radius 3 is 2.83 bits per heavy atom. The Labute approximate surface area is 108 Å². The van der Waals surface area contributed by atoms with Crippen LogP contribution in [0.4, 0.5) is 0 Å². The van der Waals surface area contributed by atoms with Crippen LogP contribution in [0.2, 0.25) is 0 Å². The van der Waals surface area contributed by atoms with Crippen molar-refractivity contribution in [3.8, 4) is 0 Å². The van der Waals surface area contributed by atoms with E-state index in [-0.39, 0.29) is 23.8 Å². The molecule has 1 aliphatic rings. The largest absolute Gasteiger partial charge is 0.358 e. The number of hydrogen-bond acceptors (Lipinski definition) is 4. The molecular formula is C12H24N4O2. The summed E-state index contributed by atoms with van der Waals surface area (Å²) < 4.78 is 0. The zero-order chi connectivity index (χ0) is 13.5. The van der Waals surface area contributed by atoms with Crippen LogP contribution in [0.25, 0.3) is 0 Å². The fourth-order valence-corrected chi connectivity index (χ4v) is 2.29. The number of carbonyl (C=O) groups is 2. The SMILES string of the molecule is CNC(=O)C(C)N1CCCC(C(=O)NCCN)C1. The van der Waals surface area contributed by atoms with Gasteiger partial charge in [-0.1, -0.05) is 0 Å². The summed E-state index contributed by atoms with van der Waals surface area (Å²) in [5.41, 5.74) is 5.36. The molecule has 0 aromatic heterocycles. The van der Waals surface area contributed by atoms with Crippen molar-refractivity contribution in [2.45, 2.75) is 25.8 Å². The molecule has 1 saturated heterocycles. The maximum Gasteiger partial charge on any atom is 0.236 e. The van der Waals surface area contributed by atoms with Crippen LogP contribution in [0.15, 0.2) is 0 Å². The lowest BCUT2D eigenvalue weighted by atomic mass is 9.96. The van der Waals surface area contributed by atoms with Gasteiger partial charge in [-0.15, -0.1) is 0 Å². The molecule has 0 spiro atoms. The molecule has 2 amide bonds. The van der Waals surface area contributed by atoms with Gasteiger partial charge in [-0.3, -0.25) is 14.5 Å². The van der Waals surface area contributed by atoms with Crippen LogP contribution in [0.1, 0.15) is 19.8 Å². The highest BCUT2D eigenvalue weighted by Gasteiger charge is 2.30. The van der Waals surface area contributed by atoms with Crippen LogP contribution < -0.4 is 16.4 Å². The fourth-order valence-electron chi connectivity index (χ4n) is 2.29. The number of likely N-dealkylation sites (tertiary alicyclic amines) is 1. The number of nitrogens with two attached hydrogens (primary N) is 1. The fraction of sp³-hybridized carbons (Fsp3) is 0.833. The molecule has 0 aromatic rings. The number of nitrogens with one attached hydrogen (secondary N) is 2. The van der Waals surface area contributed by atoms with Gasteiger partial charge in [0, 0.05) is 26.7 Å². The predicted octanol–water partition coefficient (Wildman–Crippen LogP) is -1.09. The molecule has 6 nitrogen and oxygen atoms in total. The summed E-state index contributed by atoms with van der Waals surface area (Å²) in [4.78, 5) is 25.5. The van der Waals surface area contributed by atoms with Crippen LogP contribution in [0.3, 0.4) is 0 Å². The minimum absolute atomic E-state index is 0.00184. The summed E-state index contributed by atoms with van der Waals surface area (Å²) >= 11 is 0. The van der Waals surface area contributed by atoms with Gasteiger partial charge < -0.3 is 16.4 Å². The number of hydrogen-bond donors (Lipinski definition) is 3. The molecule has 104 valence electrons. The van der Waals surface area contributed by atoms with Crippen LogP contribution >= 0.6 is 0 Å². The van der Waals surface area contributed by atoms with Gasteiger partial charge in [0.05, 0.1) is 12.0 Å². The van der Waals surface area contributed by atoms with Gasteiger partial charge in [0.2, 0.25) is 11.8 Å². The highest BCUT2D eigenvalue weighted by molar-refractivity contribution is 5.81. The first-order valence-electron chi connectivity index (χ1n) is 6.53. The Balaban J connectivity index is 2.50.